The molecule has 6 nitrogen and oxygen atoms in total. The van der Waals surface area contributed by atoms with Gasteiger partial charge in [-0.25, -0.2) is 14.3 Å². The predicted molar refractivity (Wildman–Crippen MR) is 98.9 cm³/mol. The smallest absolute Gasteiger partial charge is 0.343 e. The third-order valence-electron chi connectivity index (χ3n) is 4.87. The maximum absolute atomic E-state index is 13.5. The lowest BCUT2D eigenvalue weighted by molar-refractivity contribution is 0.0933. The molecule has 1 aliphatic heterocycles. The van der Waals surface area contributed by atoms with E-state index < -0.39 is 0 Å². The summed E-state index contributed by atoms with van der Waals surface area (Å²) in [5, 5.41) is 9.52. The monoisotopic (exact) mass is 366 g/mol. The van der Waals surface area contributed by atoms with Crippen LogP contribution in [0.25, 0.3) is 11.1 Å². The summed E-state index contributed by atoms with van der Waals surface area (Å²) in [7, 11) is 0. The van der Waals surface area contributed by atoms with Crippen molar-refractivity contribution in [2.45, 2.75) is 31.8 Å². The van der Waals surface area contributed by atoms with Gasteiger partial charge in [-0.1, -0.05) is 24.3 Å². The molecule has 2 N–H and O–H groups in total. The van der Waals surface area contributed by atoms with Crippen LogP contribution in [0, 0.1) is 5.82 Å². The molecule has 4 rings (SSSR count). The Hall–Kier alpha value is -3.22. The van der Waals surface area contributed by atoms with Crippen LogP contribution in [0.3, 0.4) is 0 Å². The van der Waals surface area contributed by atoms with E-state index in [0.717, 1.165) is 23.4 Å². The Balaban J connectivity index is 1.47. The highest BCUT2D eigenvalue weighted by Crippen LogP contribution is 2.21. The molecule has 7 heteroatoms. The number of nitrogens with zero attached hydrogens (tertiary/aromatic N) is 2. The van der Waals surface area contributed by atoms with Gasteiger partial charge in [0.1, 0.15) is 11.6 Å². The third kappa shape index (κ3) is 3.67. The minimum absolute atomic E-state index is 0.0311. The van der Waals surface area contributed by atoms with E-state index in [4.69, 9.17) is 0 Å². The first-order valence-electron chi connectivity index (χ1n) is 8.91. The fourth-order valence-electron chi connectivity index (χ4n) is 3.43. The molecule has 0 bridgehead atoms. The van der Waals surface area contributed by atoms with Gasteiger partial charge >= 0.3 is 5.69 Å². The first-order valence-corrected chi connectivity index (χ1v) is 8.91. The van der Waals surface area contributed by atoms with Crippen LogP contribution in [0.15, 0.2) is 53.3 Å². The number of nitrogens with one attached hydrogen (secondary N) is 2. The molecule has 0 aliphatic carbocycles. The van der Waals surface area contributed by atoms with Gasteiger partial charge in [-0.3, -0.25) is 9.36 Å². The van der Waals surface area contributed by atoms with Crippen molar-refractivity contribution in [3.63, 3.8) is 0 Å². The number of amides is 1. The molecule has 2 aromatic carbocycles. The number of hydrogen-bond donors (Lipinski definition) is 2. The molecule has 1 amide bonds. The van der Waals surface area contributed by atoms with Gasteiger partial charge in [0.2, 0.25) is 0 Å². The van der Waals surface area contributed by atoms with Crippen molar-refractivity contribution in [1.29, 1.82) is 0 Å². The molecule has 0 saturated carbocycles. The molecule has 0 spiro atoms. The van der Waals surface area contributed by atoms with Crippen LogP contribution in [0.2, 0.25) is 0 Å². The van der Waals surface area contributed by atoms with Gasteiger partial charge in [0.15, 0.2) is 0 Å². The summed E-state index contributed by atoms with van der Waals surface area (Å²) in [4.78, 5) is 24.4. The van der Waals surface area contributed by atoms with Crippen LogP contribution in [0.4, 0.5) is 4.39 Å². The van der Waals surface area contributed by atoms with E-state index in [-0.39, 0.29) is 23.5 Å². The summed E-state index contributed by atoms with van der Waals surface area (Å²) in [6, 6.07) is 13.4. The molecule has 1 unspecified atom stereocenters. The standard InChI is InChI=1S/C20H19FN4O2/c21-16-6-2-4-14(12-16)13-3-1-5-15(11-13)19(26)22-17-7-8-18-23-24-20(27)25(18)10-9-17/h1-6,11-12,17H,7-10H2,(H,22,26)(H,24,27). The van der Waals surface area contributed by atoms with Gasteiger partial charge in [-0.05, 0) is 48.2 Å². The Bertz CT molecular complexity index is 1040. The van der Waals surface area contributed by atoms with Crippen LogP contribution in [-0.4, -0.2) is 26.7 Å². The largest absolute Gasteiger partial charge is 0.349 e. The number of aromatic amines is 1. The molecule has 0 saturated heterocycles. The summed E-state index contributed by atoms with van der Waals surface area (Å²) in [5.41, 5.74) is 1.83. The second-order valence-electron chi connectivity index (χ2n) is 6.69. The predicted octanol–water partition coefficient (Wildman–Crippen LogP) is 2.51. The Morgan fingerprint density at radius 1 is 1.15 bits per heavy atom. The maximum atomic E-state index is 13.5. The van der Waals surface area contributed by atoms with Gasteiger partial charge in [0, 0.05) is 24.6 Å². The van der Waals surface area contributed by atoms with E-state index in [0.29, 0.717) is 24.9 Å². The van der Waals surface area contributed by atoms with Gasteiger partial charge in [0.05, 0.1) is 0 Å². The third-order valence-corrected chi connectivity index (χ3v) is 4.87. The number of rotatable bonds is 3. The molecule has 2 heterocycles. The lowest BCUT2D eigenvalue weighted by Crippen LogP contribution is -2.35. The van der Waals surface area contributed by atoms with E-state index in [1.54, 1.807) is 28.8 Å². The van der Waals surface area contributed by atoms with Gasteiger partial charge in [-0.15, -0.1) is 0 Å². The zero-order valence-corrected chi connectivity index (χ0v) is 14.6. The molecule has 0 fully saturated rings. The van der Waals surface area contributed by atoms with Crippen LogP contribution < -0.4 is 11.0 Å². The van der Waals surface area contributed by atoms with Gasteiger partial charge < -0.3 is 5.32 Å². The summed E-state index contributed by atoms with van der Waals surface area (Å²) in [6.45, 7) is 0.527. The van der Waals surface area contributed by atoms with E-state index >= 15 is 0 Å². The molecule has 1 atom stereocenters. The van der Waals surface area contributed by atoms with Crippen LogP contribution in [-0.2, 0) is 13.0 Å². The minimum atomic E-state index is -0.312. The summed E-state index contributed by atoms with van der Waals surface area (Å²) >= 11 is 0. The van der Waals surface area contributed by atoms with E-state index in [2.05, 4.69) is 15.5 Å². The number of benzene rings is 2. The summed E-state index contributed by atoms with van der Waals surface area (Å²) in [6.07, 6.45) is 2.02. The van der Waals surface area contributed by atoms with Crippen molar-refractivity contribution in [1.82, 2.24) is 20.1 Å². The average Bonchev–Trinajstić information content (AvgIpc) is 2.90. The Morgan fingerprint density at radius 2 is 1.93 bits per heavy atom. The molecule has 0 radical (unpaired) electrons. The molecule has 138 valence electrons. The highest BCUT2D eigenvalue weighted by atomic mass is 19.1. The van der Waals surface area contributed by atoms with Crippen molar-refractivity contribution >= 4 is 5.91 Å². The van der Waals surface area contributed by atoms with Crippen molar-refractivity contribution in [2.24, 2.45) is 0 Å². The Kier molecular flexibility index (Phi) is 4.58. The number of aryl methyl sites for hydroxylation is 1. The first kappa shape index (κ1) is 17.2. The Morgan fingerprint density at radius 3 is 2.74 bits per heavy atom. The summed E-state index contributed by atoms with van der Waals surface area (Å²) in [5.74, 6) is 0.241. The quantitative estimate of drug-likeness (QED) is 0.747. The molecule has 1 aromatic heterocycles. The SMILES string of the molecule is O=C(NC1CCc2n[nH]c(=O)n2CC1)c1cccc(-c2cccc(F)c2)c1. The first-order chi connectivity index (χ1) is 13.1. The van der Waals surface area contributed by atoms with E-state index in [9.17, 15) is 14.0 Å². The van der Waals surface area contributed by atoms with Crippen molar-refractivity contribution in [3.05, 3.63) is 76.2 Å². The second-order valence-corrected chi connectivity index (χ2v) is 6.69. The van der Waals surface area contributed by atoms with E-state index in [1.807, 2.05) is 12.1 Å². The lowest BCUT2D eigenvalue weighted by Gasteiger charge is -2.16. The lowest BCUT2D eigenvalue weighted by atomic mass is 10.0. The molecular formula is C20H19FN4O2. The molecule has 1 aliphatic rings. The van der Waals surface area contributed by atoms with Crippen LogP contribution in [0.1, 0.15) is 29.0 Å². The van der Waals surface area contributed by atoms with Gasteiger partial charge in [0.25, 0.3) is 5.91 Å². The number of fused-ring (bicyclic) bond motifs is 1. The average molecular weight is 366 g/mol. The van der Waals surface area contributed by atoms with Crippen LogP contribution in [0.5, 0.6) is 0 Å². The zero-order valence-electron chi connectivity index (χ0n) is 14.6. The fraction of sp³-hybridized carbons (Fsp3) is 0.250. The van der Waals surface area contributed by atoms with Crippen molar-refractivity contribution < 1.29 is 9.18 Å². The van der Waals surface area contributed by atoms with Crippen LogP contribution >= 0.6 is 0 Å². The molecular weight excluding hydrogens is 347 g/mol. The zero-order chi connectivity index (χ0) is 18.8. The highest BCUT2D eigenvalue weighted by molar-refractivity contribution is 5.95. The van der Waals surface area contributed by atoms with Crippen molar-refractivity contribution in [3.8, 4) is 11.1 Å². The minimum Gasteiger partial charge on any atom is -0.349 e. The molecule has 3 aromatic rings. The van der Waals surface area contributed by atoms with E-state index in [1.165, 1.54) is 12.1 Å². The number of halogens is 1. The number of carbonyl (C=O) groups is 1. The van der Waals surface area contributed by atoms with Gasteiger partial charge in [-0.2, -0.15) is 5.10 Å². The number of hydrogen-bond acceptors (Lipinski definition) is 3. The number of H-pyrrole nitrogens is 1. The fourth-order valence-corrected chi connectivity index (χ4v) is 3.43. The molecule has 27 heavy (non-hydrogen) atoms. The van der Waals surface area contributed by atoms with Crippen molar-refractivity contribution in [2.75, 3.05) is 0 Å². The maximum Gasteiger partial charge on any atom is 0.343 e. The summed E-state index contributed by atoms with van der Waals surface area (Å²) < 4.78 is 15.1. The topological polar surface area (TPSA) is 79.8 Å². The Labute approximate surface area is 155 Å². The second kappa shape index (κ2) is 7.19. The number of aromatic nitrogens is 3. The number of carbonyl (C=O) groups excluding carboxylic acids is 1. The normalized spacial score (nSPS) is 16.4. The highest BCUT2D eigenvalue weighted by Gasteiger charge is 2.20.